The number of aliphatic carboxylic acids is 1. The molecule has 4 aliphatic heterocycles. The molecule has 0 radical (unpaired) electrons. The summed E-state index contributed by atoms with van der Waals surface area (Å²) >= 11 is 14.0. The van der Waals surface area contributed by atoms with Crippen LogP contribution in [0.5, 0.6) is 0 Å². The fourth-order valence-electron chi connectivity index (χ4n) is 13.4. The predicted molar refractivity (Wildman–Crippen MR) is 529 cm³/mol. The summed E-state index contributed by atoms with van der Waals surface area (Å²) in [5.41, 5.74) is 17.0. The fraction of sp³-hybridized carbons (Fsp3) is 0.344. The van der Waals surface area contributed by atoms with Gasteiger partial charge in [-0.3, -0.25) is 33.8 Å². The molecule has 4 fully saturated rings. The number of esters is 2. The Morgan fingerprint density at radius 3 is 0.941 bits per heavy atom. The summed E-state index contributed by atoms with van der Waals surface area (Å²) in [6.45, 7) is 18.7. The number of aromatic amines is 2. The number of aromatic nitrogens is 12. The minimum atomic E-state index is -1.39. The number of halogens is 3. The zero-order valence-electron chi connectivity index (χ0n) is 77.5. The third kappa shape index (κ3) is 40.4. The first-order chi connectivity index (χ1) is 66.1. The molecule has 6 aromatic carbocycles. The van der Waals surface area contributed by atoms with Gasteiger partial charge in [-0.25, -0.2) is 10.2 Å². The first-order valence-corrected chi connectivity index (χ1v) is 45.3. The van der Waals surface area contributed by atoms with Crippen molar-refractivity contribution in [3.63, 3.8) is 0 Å². The summed E-state index contributed by atoms with van der Waals surface area (Å²) in [7, 11) is 11.4. The molecule has 16 rings (SSSR count). The number of carbonyl (C=O) groups excluding carboxylic acids is 2. The quantitative estimate of drug-likeness (QED) is 0.0142. The van der Waals surface area contributed by atoms with Crippen LogP contribution in [0.3, 0.4) is 0 Å². The zero-order chi connectivity index (χ0) is 97.4. The number of carboxylic acid groups (broad SMARTS) is 1. The van der Waals surface area contributed by atoms with E-state index in [1.54, 1.807) is 97.8 Å². The normalized spacial score (nSPS) is 13.3. The predicted octanol–water partition coefficient (Wildman–Crippen LogP) is 8.98. The van der Waals surface area contributed by atoms with Crippen LogP contribution in [-0.4, -0.2) is 291 Å². The van der Waals surface area contributed by atoms with Crippen molar-refractivity contribution in [3.8, 4) is 55.6 Å². The van der Waals surface area contributed by atoms with Crippen LogP contribution >= 0.6 is 39.1 Å². The van der Waals surface area contributed by atoms with E-state index < -0.39 is 13.1 Å². The van der Waals surface area contributed by atoms with Gasteiger partial charge in [-0.1, -0.05) is 185 Å². The molecule has 6 aromatic heterocycles. The molecule has 0 amide bonds. The minimum Gasteiger partial charge on any atom is -0.480 e. The minimum absolute atomic E-state index is 0.0907. The van der Waals surface area contributed by atoms with Crippen molar-refractivity contribution in [3.05, 3.63) is 283 Å². The number of carbonyl (C=O) groups is 3. The second-order valence-electron chi connectivity index (χ2n) is 30.4. The van der Waals surface area contributed by atoms with Crippen LogP contribution in [0.25, 0.3) is 55.6 Å². The van der Waals surface area contributed by atoms with E-state index in [2.05, 4.69) is 190 Å². The summed E-state index contributed by atoms with van der Waals surface area (Å²) in [5, 5.41) is 81.7. The molecule has 40 heteroatoms. The molecular formula is C96H118BBrCl2N20O16. The van der Waals surface area contributed by atoms with Crippen LogP contribution in [0.2, 0.25) is 10.2 Å². The van der Waals surface area contributed by atoms with Gasteiger partial charge in [0.05, 0.1) is 109 Å². The molecule has 36 nitrogen and oxygen atoms in total. The van der Waals surface area contributed by atoms with E-state index in [-0.39, 0.29) is 34.9 Å². The van der Waals surface area contributed by atoms with E-state index in [1.807, 2.05) is 77.8 Å². The first-order valence-electron chi connectivity index (χ1n) is 43.4. The number of carboxylic acids is 1. The maximum atomic E-state index is 11.4. The third-order valence-corrected chi connectivity index (χ3v) is 21.3. The summed E-state index contributed by atoms with van der Waals surface area (Å²) in [6.07, 6.45) is 10.0. The maximum absolute atomic E-state index is 11.4. The third-order valence-electron chi connectivity index (χ3n) is 20.5. The summed E-state index contributed by atoms with van der Waals surface area (Å²) in [4.78, 5) is 64.1. The molecule has 8 N–H and O–H groups in total. The number of hydrogen-bond acceptors (Lipinski definition) is 33. The number of nitrogens with one attached hydrogen (secondary N) is 5. The molecule has 0 saturated carbocycles. The van der Waals surface area contributed by atoms with Crippen molar-refractivity contribution in [1.82, 2.24) is 86.9 Å². The average Bonchev–Trinajstić information content (AvgIpc) is 0.835. The molecule has 4 aliphatic rings. The lowest BCUT2D eigenvalue weighted by molar-refractivity contribution is -0.142. The van der Waals surface area contributed by atoms with Crippen molar-refractivity contribution in [2.45, 2.75) is 39.6 Å². The molecule has 0 bridgehead atoms. The van der Waals surface area contributed by atoms with Gasteiger partial charge < -0.3 is 83.7 Å². The van der Waals surface area contributed by atoms with Gasteiger partial charge in [0, 0.05) is 187 Å². The van der Waals surface area contributed by atoms with Gasteiger partial charge in [-0.2, -0.15) is 30.6 Å². The van der Waals surface area contributed by atoms with E-state index in [1.165, 1.54) is 38.1 Å². The molecule has 10 heterocycles. The van der Waals surface area contributed by atoms with Crippen LogP contribution in [0.15, 0.2) is 229 Å². The number of methoxy groups -OCH3 is 8. The summed E-state index contributed by atoms with van der Waals surface area (Å²) in [6, 6.07) is 58.5. The topological polar surface area (TPSA) is 433 Å². The van der Waals surface area contributed by atoms with Gasteiger partial charge in [0.1, 0.15) is 5.33 Å². The van der Waals surface area contributed by atoms with Gasteiger partial charge in [0.15, 0.2) is 22.6 Å². The van der Waals surface area contributed by atoms with Gasteiger partial charge in [0.2, 0.25) is 0 Å². The SMILES string of the molecule is C1CNCCN1.COC(=O)CBr.COCc1ccc(-c2cn[nH]c(=O)c2)cc1.COCc1ccc(-c2cnnc(Cl)c2)cc1.COCc1ccc(-c2cnnc(N3CCN(CC(=O)O)CC3)c2)cc1.COCc1ccc(-c2cnnc(N3CCN(CC(=O)OC)CC3)c2)cc1.COCc1ccc(-c2cnnc(N3CCNCC3)c2)cc1.COCc1ccc(B(O)O)cc1.O=c1cc(Cl)cn[nH]1. The fourth-order valence-corrected chi connectivity index (χ4v) is 13.9. The molecule has 136 heavy (non-hydrogen) atoms. The van der Waals surface area contributed by atoms with E-state index in [0.29, 0.717) is 74.9 Å². The Morgan fingerprint density at radius 2 is 0.662 bits per heavy atom. The van der Waals surface area contributed by atoms with Crippen LogP contribution in [0.1, 0.15) is 33.4 Å². The van der Waals surface area contributed by atoms with Crippen molar-refractivity contribution >= 4 is 87.1 Å². The van der Waals surface area contributed by atoms with Crippen molar-refractivity contribution < 1.29 is 67.4 Å². The number of ether oxygens (including phenoxy) is 8. The Hall–Kier alpha value is -12.2. The smallest absolute Gasteiger partial charge is 0.480 e. The Morgan fingerprint density at radius 1 is 0.360 bits per heavy atom. The molecule has 0 unspecified atom stereocenters. The lowest BCUT2D eigenvalue weighted by Crippen LogP contribution is -2.48. The van der Waals surface area contributed by atoms with Gasteiger partial charge in [-0.05, 0) is 90.9 Å². The zero-order valence-corrected chi connectivity index (χ0v) is 80.6. The molecule has 0 aliphatic carbocycles. The van der Waals surface area contributed by atoms with Crippen molar-refractivity contribution in [2.24, 2.45) is 0 Å². The molecule has 0 spiro atoms. The number of hydrogen-bond donors (Lipinski definition) is 8. The van der Waals surface area contributed by atoms with Crippen LogP contribution in [0, 0.1) is 0 Å². The van der Waals surface area contributed by atoms with E-state index in [0.717, 1.165) is 193 Å². The number of anilines is 3. The molecule has 722 valence electrons. The monoisotopic (exact) mass is 1970 g/mol. The van der Waals surface area contributed by atoms with E-state index in [4.69, 9.17) is 71.5 Å². The number of rotatable bonds is 26. The number of benzene rings is 6. The lowest BCUT2D eigenvalue weighted by Gasteiger charge is -2.34. The van der Waals surface area contributed by atoms with E-state index >= 15 is 0 Å². The average molecular weight is 1970 g/mol. The van der Waals surface area contributed by atoms with Gasteiger partial charge in [-0.15, -0.1) is 20.4 Å². The highest BCUT2D eigenvalue weighted by Gasteiger charge is 2.23. The Labute approximate surface area is 810 Å². The van der Waals surface area contributed by atoms with Crippen molar-refractivity contribution in [1.29, 1.82) is 0 Å². The molecule has 0 atom stereocenters. The highest BCUT2D eigenvalue weighted by atomic mass is 79.9. The molecule has 12 aromatic rings. The lowest BCUT2D eigenvalue weighted by atomic mass is 9.80. The molecular weight excluding hydrogens is 1850 g/mol. The summed E-state index contributed by atoms with van der Waals surface area (Å²) in [5.74, 6) is 1.42. The van der Waals surface area contributed by atoms with Gasteiger partial charge in [0.25, 0.3) is 11.1 Å². The largest absolute Gasteiger partial charge is 0.488 e. The maximum Gasteiger partial charge on any atom is 0.488 e. The second-order valence-corrected chi connectivity index (χ2v) is 31.8. The number of nitrogens with zero attached hydrogens (tertiary/aromatic N) is 15. The van der Waals surface area contributed by atoms with Crippen LogP contribution in [0.4, 0.5) is 17.5 Å². The van der Waals surface area contributed by atoms with Crippen molar-refractivity contribution in [2.75, 3.05) is 195 Å². The highest BCUT2D eigenvalue weighted by molar-refractivity contribution is 9.09. The van der Waals surface area contributed by atoms with Crippen LogP contribution < -0.4 is 47.2 Å². The summed E-state index contributed by atoms with van der Waals surface area (Å²) < 4.78 is 39.3. The number of alkyl halides is 1. The Kier molecular flexibility index (Phi) is 50.1. The highest BCUT2D eigenvalue weighted by Crippen LogP contribution is 2.28. The van der Waals surface area contributed by atoms with E-state index in [9.17, 15) is 24.0 Å². The first kappa shape index (κ1) is 109. The Bertz CT molecular complexity index is 5550. The number of H-pyrrole nitrogens is 2. The van der Waals surface area contributed by atoms with Crippen LogP contribution in [-0.2, 0) is 91.9 Å². The number of piperazine rings is 4. The standard InChI is InChI=1S/C19H24N4O3.C18H22N4O3.C16H20N4O.C12H11ClN2O.C12H12N2O2.C8H11BO3.C4H3ClN2O.C4H10N2.C3H5BrO2/c1-25-14-15-3-5-16(6-4-15)17-11-18(21-20-12-17)23-9-7-22(8-10-23)13-19(24)26-2;1-25-13-14-2-4-15(5-3-14)16-10-17(20-19-11-16)22-8-6-21(7-9-22)12-18(23)24;1-21-12-13-2-4-14(5-3-13)15-10-16(19-18-11-15)20-8-6-17-7-9-20;1-16-8-9-2-4-10(5-3-9)11-6-12(13)15-14-7-11;1-16-8-9-2-4-10(5-3-9)11-6-12(15)14-13-7-11;1-12-6-7-2-4-8(5-3-7)9(10)11;5-3-1-4(8)7-6-2-3;1-2-6-4-3-5-1;1-6-3(5)2-4/h3-6,11-12H,7-10,13-14H2,1-2H3;2-5,10-11H,6-9,12-13H2,1H3,(H,23,24);2-5,10-11,17H,6-9,12H2,1H3;2-7H,8H2,1H3;2-7H,8H2,1H3,(H,14,15);2-5,10-11H,6H2,1H3;1-2H,(H,7,8);5-6H,1-4H2;2H2,1H3. The Balaban J connectivity index is 0.000000195. The second kappa shape index (κ2) is 62.5. The molecule has 4 saturated heterocycles. The van der Waals surface area contributed by atoms with Gasteiger partial charge >= 0.3 is 25.0 Å².